The van der Waals surface area contributed by atoms with Crippen LogP contribution in [-0.2, 0) is 4.79 Å². The van der Waals surface area contributed by atoms with Crippen molar-refractivity contribution in [3.05, 3.63) is 95.9 Å². The third-order valence-electron chi connectivity index (χ3n) is 5.21. The van der Waals surface area contributed by atoms with E-state index < -0.39 is 11.7 Å². The van der Waals surface area contributed by atoms with E-state index in [4.69, 9.17) is 14.6 Å². The monoisotopic (exact) mass is 457 g/mol. The Kier molecular flexibility index (Phi) is 6.73. The molecule has 1 amide bonds. The van der Waals surface area contributed by atoms with Crippen LogP contribution in [-0.4, -0.2) is 29.9 Å². The fraction of sp³-hybridized carbons (Fsp3) is 0.111. The van der Waals surface area contributed by atoms with E-state index in [9.17, 15) is 9.18 Å². The zero-order chi connectivity index (χ0) is 24.1. The molecule has 0 bridgehead atoms. The molecule has 34 heavy (non-hydrogen) atoms. The van der Waals surface area contributed by atoms with Crippen LogP contribution >= 0.6 is 0 Å². The van der Waals surface area contributed by atoms with Crippen LogP contribution in [0.4, 0.5) is 10.1 Å². The lowest BCUT2D eigenvalue weighted by Gasteiger charge is -2.09. The highest BCUT2D eigenvalue weighted by Gasteiger charge is 2.14. The molecule has 0 saturated heterocycles. The van der Waals surface area contributed by atoms with Crippen LogP contribution in [0.15, 0.2) is 79.0 Å². The summed E-state index contributed by atoms with van der Waals surface area (Å²) in [6.45, 7) is 1.83. The summed E-state index contributed by atoms with van der Waals surface area (Å²) >= 11 is 0. The second-order valence-electron chi connectivity index (χ2n) is 7.59. The van der Waals surface area contributed by atoms with Crippen LogP contribution in [0.5, 0.6) is 11.5 Å². The van der Waals surface area contributed by atoms with Gasteiger partial charge in [-0.3, -0.25) is 4.79 Å². The Labute approximate surface area is 197 Å². The van der Waals surface area contributed by atoms with Gasteiger partial charge in [0, 0.05) is 23.4 Å². The number of aryl methyl sites for hydroxylation is 1. The normalized spacial score (nSPS) is 10.9. The number of nitrogens with one attached hydrogen (secondary N) is 1. The van der Waals surface area contributed by atoms with Gasteiger partial charge in [0.05, 0.1) is 25.6 Å². The smallest absolute Gasteiger partial charge is 0.248 e. The third kappa shape index (κ3) is 4.99. The molecule has 1 aromatic heterocycles. The minimum absolute atomic E-state index is 0.134. The van der Waals surface area contributed by atoms with Crippen molar-refractivity contribution in [1.82, 2.24) is 9.78 Å². The van der Waals surface area contributed by atoms with Crippen LogP contribution < -0.4 is 14.8 Å². The maximum Gasteiger partial charge on any atom is 0.248 e. The maximum absolute atomic E-state index is 14.0. The molecule has 0 aliphatic rings. The Balaban J connectivity index is 1.70. The first-order chi connectivity index (χ1) is 16.5. The molecular weight excluding hydrogens is 433 g/mol. The lowest BCUT2D eigenvalue weighted by atomic mass is 10.1. The Morgan fingerprint density at radius 3 is 2.50 bits per heavy atom. The average Bonchev–Trinajstić information content (AvgIpc) is 3.29. The van der Waals surface area contributed by atoms with E-state index in [2.05, 4.69) is 5.32 Å². The lowest BCUT2D eigenvalue weighted by Crippen LogP contribution is -2.09. The largest absolute Gasteiger partial charge is 0.493 e. The molecule has 7 heteroatoms. The van der Waals surface area contributed by atoms with Crippen LogP contribution in [0.3, 0.4) is 0 Å². The van der Waals surface area contributed by atoms with E-state index >= 15 is 0 Å². The number of hydrogen-bond acceptors (Lipinski definition) is 4. The number of hydrogen-bond donors (Lipinski definition) is 1. The van der Waals surface area contributed by atoms with Crippen molar-refractivity contribution in [2.45, 2.75) is 6.92 Å². The fourth-order valence-electron chi connectivity index (χ4n) is 3.50. The molecule has 0 atom stereocenters. The summed E-state index contributed by atoms with van der Waals surface area (Å²) < 4.78 is 26.5. The second kappa shape index (κ2) is 10.0. The van der Waals surface area contributed by atoms with Crippen LogP contribution in [0.2, 0.25) is 0 Å². The average molecular weight is 458 g/mol. The van der Waals surface area contributed by atoms with Gasteiger partial charge in [0.2, 0.25) is 5.91 Å². The molecule has 4 rings (SSSR count). The molecule has 0 saturated carbocycles. The standard InChI is InChI=1S/C27H24FN3O3/c1-18-9-12-22(28)23(15-18)29-26(32)14-11-20-17-31(21-7-5-4-6-8-21)30-27(20)19-10-13-24(33-2)25(16-19)34-3/h4-17H,1-3H3,(H,29,32)/b14-11+. The van der Waals surface area contributed by atoms with Gasteiger partial charge in [0.15, 0.2) is 11.5 Å². The van der Waals surface area contributed by atoms with E-state index in [-0.39, 0.29) is 5.69 Å². The maximum atomic E-state index is 14.0. The number of halogens is 1. The van der Waals surface area contributed by atoms with Gasteiger partial charge in [-0.2, -0.15) is 5.10 Å². The minimum Gasteiger partial charge on any atom is -0.493 e. The molecule has 6 nitrogen and oxygen atoms in total. The number of para-hydroxylation sites is 1. The molecule has 0 spiro atoms. The Morgan fingerprint density at radius 1 is 1.00 bits per heavy atom. The van der Waals surface area contributed by atoms with Crippen molar-refractivity contribution in [2.75, 3.05) is 19.5 Å². The highest BCUT2D eigenvalue weighted by molar-refractivity contribution is 6.02. The number of anilines is 1. The summed E-state index contributed by atoms with van der Waals surface area (Å²) in [5.74, 6) is 0.229. The van der Waals surface area contributed by atoms with Gasteiger partial charge >= 0.3 is 0 Å². The first-order valence-electron chi connectivity index (χ1n) is 10.6. The van der Waals surface area contributed by atoms with Crippen LogP contribution in [0.25, 0.3) is 23.0 Å². The van der Waals surface area contributed by atoms with Crippen molar-refractivity contribution < 1.29 is 18.7 Å². The fourth-order valence-corrected chi connectivity index (χ4v) is 3.50. The minimum atomic E-state index is -0.490. The molecule has 0 aliphatic carbocycles. The number of benzene rings is 3. The van der Waals surface area contributed by atoms with Crippen molar-refractivity contribution in [3.8, 4) is 28.4 Å². The third-order valence-corrected chi connectivity index (χ3v) is 5.21. The van der Waals surface area contributed by atoms with Gasteiger partial charge < -0.3 is 14.8 Å². The summed E-state index contributed by atoms with van der Waals surface area (Å²) in [5.41, 5.74) is 3.99. The molecule has 4 aromatic rings. The van der Waals surface area contributed by atoms with E-state index in [0.29, 0.717) is 22.8 Å². The summed E-state index contributed by atoms with van der Waals surface area (Å²) in [5, 5.41) is 7.33. The Morgan fingerprint density at radius 2 is 1.76 bits per heavy atom. The number of carbonyl (C=O) groups excluding carboxylic acids is 1. The number of aromatic nitrogens is 2. The second-order valence-corrected chi connectivity index (χ2v) is 7.59. The number of carbonyl (C=O) groups is 1. The van der Waals surface area contributed by atoms with E-state index in [0.717, 1.165) is 16.8 Å². The summed E-state index contributed by atoms with van der Waals surface area (Å²) in [7, 11) is 3.14. The summed E-state index contributed by atoms with van der Waals surface area (Å²) in [6, 6.07) is 19.7. The molecule has 0 aliphatic heterocycles. The summed E-state index contributed by atoms with van der Waals surface area (Å²) in [6.07, 6.45) is 4.85. The first kappa shape index (κ1) is 22.8. The van der Waals surface area contributed by atoms with E-state index in [1.54, 1.807) is 43.2 Å². The number of rotatable bonds is 7. The van der Waals surface area contributed by atoms with E-state index in [1.807, 2.05) is 55.6 Å². The molecule has 0 unspecified atom stereocenters. The zero-order valence-electron chi connectivity index (χ0n) is 19.1. The first-order valence-corrected chi connectivity index (χ1v) is 10.6. The van der Waals surface area contributed by atoms with Gasteiger partial charge in [-0.1, -0.05) is 24.3 Å². The van der Waals surface area contributed by atoms with Crippen molar-refractivity contribution in [1.29, 1.82) is 0 Å². The number of amides is 1. The molecule has 0 fully saturated rings. The molecule has 172 valence electrons. The predicted molar refractivity (Wildman–Crippen MR) is 131 cm³/mol. The molecule has 3 aromatic carbocycles. The van der Waals surface area contributed by atoms with Gasteiger partial charge in [-0.25, -0.2) is 9.07 Å². The Hall–Kier alpha value is -4.39. The van der Waals surface area contributed by atoms with E-state index in [1.165, 1.54) is 12.1 Å². The number of methoxy groups -OCH3 is 2. The molecular formula is C27H24FN3O3. The van der Waals surface area contributed by atoms with Crippen LogP contribution in [0, 0.1) is 12.7 Å². The highest BCUT2D eigenvalue weighted by atomic mass is 19.1. The molecule has 0 radical (unpaired) electrons. The van der Waals surface area contributed by atoms with Gasteiger partial charge in [0.1, 0.15) is 11.5 Å². The molecule has 1 N–H and O–H groups in total. The number of nitrogens with zero attached hydrogens (tertiary/aromatic N) is 2. The molecule has 1 heterocycles. The van der Waals surface area contributed by atoms with Crippen molar-refractivity contribution >= 4 is 17.7 Å². The zero-order valence-corrected chi connectivity index (χ0v) is 19.1. The van der Waals surface area contributed by atoms with Gasteiger partial charge in [-0.05, 0) is 61.0 Å². The van der Waals surface area contributed by atoms with Gasteiger partial charge in [0.25, 0.3) is 0 Å². The lowest BCUT2D eigenvalue weighted by molar-refractivity contribution is -0.111. The van der Waals surface area contributed by atoms with Crippen molar-refractivity contribution in [2.24, 2.45) is 0 Å². The topological polar surface area (TPSA) is 65.4 Å². The van der Waals surface area contributed by atoms with Gasteiger partial charge in [-0.15, -0.1) is 0 Å². The summed E-state index contributed by atoms with van der Waals surface area (Å²) in [4.78, 5) is 12.5. The Bertz CT molecular complexity index is 1350. The van der Waals surface area contributed by atoms with Crippen LogP contribution in [0.1, 0.15) is 11.1 Å². The highest BCUT2D eigenvalue weighted by Crippen LogP contribution is 2.33. The predicted octanol–water partition coefficient (Wildman–Crippen LogP) is 5.66. The quantitative estimate of drug-likeness (QED) is 0.364. The van der Waals surface area contributed by atoms with Crippen molar-refractivity contribution in [3.63, 3.8) is 0 Å². The number of ether oxygens (including phenoxy) is 2. The SMILES string of the molecule is COc1ccc(-c2nn(-c3ccccc3)cc2/C=C/C(=O)Nc2cc(C)ccc2F)cc1OC.